The molecule has 5 N–H and O–H groups in total. The Morgan fingerprint density at radius 3 is 2.56 bits per heavy atom. The second kappa shape index (κ2) is 5.91. The van der Waals surface area contributed by atoms with Crippen LogP contribution < -0.4 is 5.73 Å². The summed E-state index contributed by atoms with van der Waals surface area (Å²) in [5.74, 6) is -0.687. The lowest BCUT2D eigenvalue weighted by Crippen LogP contribution is -2.22. The average Bonchev–Trinajstić information content (AvgIpc) is 2.29. The van der Waals surface area contributed by atoms with Gasteiger partial charge in [-0.1, -0.05) is 18.2 Å². The number of aliphatic hydroxyl groups is 3. The molecule has 0 aromatic heterocycles. The van der Waals surface area contributed by atoms with Crippen molar-refractivity contribution in [1.82, 2.24) is 0 Å². The van der Waals surface area contributed by atoms with Crippen molar-refractivity contribution < 1.29 is 19.7 Å². The fourth-order valence-corrected chi connectivity index (χ4v) is 1.49. The summed E-state index contributed by atoms with van der Waals surface area (Å²) in [5, 5.41) is 28.1. The lowest BCUT2D eigenvalue weighted by atomic mass is 9.99. The molecule has 0 fully saturated rings. The van der Waals surface area contributed by atoms with Crippen LogP contribution in [0.25, 0.3) is 0 Å². The molecule has 1 aromatic carbocycles. The first-order valence-electron chi connectivity index (χ1n) is 5.06. The zero-order valence-corrected chi connectivity index (χ0v) is 8.81. The number of hydrogen-bond donors (Lipinski definition) is 4. The summed E-state index contributed by atoms with van der Waals surface area (Å²) in [5.41, 5.74) is 5.31. The van der Waals surface area contributed by atoms with Crippen molar-refractivity contribution in [3.63, 3.8) is 0 Å². The molecule has 4 nitrogen and oxygen atoms in total. The van der Waals surface area contributed by atoms with E-state index in [1.54, 1.807) is 0 Å². The summed E-state index contributed by atoms with van der Waals surface area (Å²) >= 11 is 0. The third-order valence-corrected chi connectivity index (χ3v) is 2.42. The second-order valence-electron chi connectivity index (χ2n) is 3.57. The second-order valence-corrected chi connectivity index (χ2v) is 3.57. The van der Waals surface area contributed by atoms with Crippen molar-refractivity contribution in [2.45, 2.75) is 25.2 Å². The van der Waals surface area contributed by atoms with Crippen molar-refractivity contribution in [1.29, 1.82) is 0 Å². The Balaban J connectivity index is 2.94. The van der Waals surface area contributed by atoms with E-state index in [-0.39, 0.29) is 24.1 Å². The molecule has 0 radical (unpaired) electrons. The van der Waals surface area contributed by atoms with Crippen molar-refractivity contribution in [2.75, 3.05) is 6.54 Å². The molecule has 1 aromatic rings. The van der Waals surface area contributed by atoms with Crippen molar-refractivity contribution >= 4 is 0 Å². The van der Waals surface area contributed by atoms with Crippen LogP contribution in [-0.4, -0.2) is 28.0 Å². The van der Waals surface area contributed by atoms with Gasteiger partial charge in [0.15, 0.2) is 0 Å². The van der Waals surface area contributed by atoms with Crippen LogP contribution in [0.15, 0.2) is 18.2 Å². The molecule has 5 heteroatoms. The molecular weight excluding hydrogens is 213 g/mol. The van der Waals surface area contributed by atoms with Gasteiger partial charge in [-0.25, -0.2) is 4.39 Å². The average molecular weight is 229 g/mol. The lowest BCUT2D eigenvalue weighted by Gasteiger charge is -2.18. The fourth-order valence-electron chi connectivity index (χ4n) is 1.49. The van der Waals surface area contributed by atoms with E-state index in [1.165, 1.54) is 18.2 Å². The minimum Gasteiger partial charge on any atom is -0.392 e. The molecule has 0 heterocycles. The number of hydrogen-bond acceptors (Lipinski definition) is 4. The molecule has 0 aliphatic carbocycles. The predicted octanol–water partition coefficient (Wildman–Crippen LogP) is 0.0611. The van der Waals surface area contributed by atoms with E-state index < -0.39 is 24.6 Å². The normalized spacial score (nSPS) is 14.8. The zero-order chi connectivity index (χ0) is 12.1. The highest BCUT2D eigenvalue weighted by molar-refractivity contribution is 5.27. The number of halogens is 1. The SMILES string of the molecule is NCCC(O)C(O)c1cccc(CO)c1F. The Bertz CT molecular complexity index is 346. The zero-order valence-electron chi connectivity index (χ0n) is 8.81. The maximum absolute atomic E-state index is 13.7. The van der Waals surface area contributed by atoms with Crippen molar-refractivity contribution in [3.05, 3.63) is 35.1 Å². The van der Waals surface area contributed by atoms with Crippen molar-refractivity contribution in [3.8, 4) is 0 Å². The number of benzene rings is 1. The maximum atomic E-state index is 13.7. The van der Waals surface area contributed by atoms with Crippen LogP contribution >= 0.6 is 0 Å². The van der Waals surface area contributed by atoms with Gasteiger partial charge in [0.2, 0.25) is 0 Å². The van der Waals surface area contributed by atoms with Crippen LogP contribution in [0.3, 0.4) is 0 Å². The quantitative estimate of drug-likeness (QED) is 0.575. The fraction of sp³-hybridized carbons (Fsp3) is 0.455. The van der Waals surface area contributed by atoms with E-state index in [2.05, 4.69) is 0 Å². The van der Waals surface area contributed by atoms with Gasteiger partial charge in [0.25, 0.3) is 0 Å². The Morgan fingerprint density at radius 1 is 1.31 bits per heavy atom. The molecule has 2 unspecified atom stereocenters. The molecule has 1 rings (SSSR count). The predicted molar refractivity (Wildman–Crippen MR) is 57.0 cm³/mol. The first-order chi connectivity index (χ1) is 7.61. The van der Waals surface area contributed by atoms with Gasteiger partial charge in [0, 0.05) is 11.1 Å². The molecule has 0 bridgehead atoms. The number of rotatable bonds is 5. The van der Waals surface area contributed by atoms with Crippen LogP contribution in [0.4, 0.5) is 4.39 Å². The molecule has 0 aliphatic rings. The van der Waals surface area contributed by atoms with E-state index >= 15 is 0 Å². The monoisotopic (exact) mass is 229 g/mol. The molecule has 0 amide bonds. The third kappa shape index (κ3) is 2.76. The van der Waals surface area contributed by atoms with E-state index in [0.717, 1.165) is 0 Å². The first-order valence-corrected chi connectivity index (χ1v) is 5.06. The highest BCUT2D eigenvalue weighted by Gasteiger charge is 2.21. The Hall–Kier alpha value is -1.01. The summed E-state index contributed by atoms with van der Waals surface area (Å²) < 4.78 is 13.7. The Morgan fingerprint density at radius 2 is 2.00 bits per heavy atom. The van der Waals surface area contributed by atoms with Gasteiger partial charge in [-0.15, -0.1) is 0 Å². The van der Waals surface area contributed by atoms with Crippen LogP contribution in [0, 0.1) is 5.82 Å². The summed E-state index contributed by atoms with van der Waals surface area (Å²) in [6.07, 6.45) is -2.24. The van der Waals surface area contributed by atoms with Crippen LogP contribution in [-0.2, 0) is 6.61 Å². The smallest absolute Gasteiger partial charge is 0.134 e. The van der Waals surface area contributed by atoms with Crippen LogP contribution in [0.1, 0.15) is 23.7 Å². The van der Waals surface area contributed by atoms with Gasteiger partial charge in [-0.2, -0.15) is 0 Å². The molecule has 0 aliphatic heterocycles. The Kier molecular flexibility index (Phi) is 4.82. The van der Waals surface area contributed by atoms with Gasteiger partial charge in [0.1, 0.15) is 11.9 Å². The van der Waals surface area contributed by atoms with E-state index in [1.807, 2.05) is 0 Å². The molecular formula is C11H16FNO3. The standard InChI is InChI=1S/C11H16FNO3/c12-10-7(6-14)2-1-3-8(10)11(16)9(15)4-5-13/h1-3,9,11,14-16H,4-6,13H2. The van der Waals surface area contributed by atoms with Gasteiger partial charge in [-0.05, 0) is 13.0 Å². The largest absolute Gasteiger partial charge is 0.392 e. The van der Waals surface area contributed by atoms with Gasteiger partial charge in [-0.3, -0.25) is 0 Å². The number of aliphatic hydroxyl groups excluding tert-OH is 3. The van der Waals surface area contributed by atoms with Gasteiger partial charge < -0.3 is 21.1 Å². The topological polar surface area (TPSA) is 86.7 Å². The van der Waals surface area contributed by atoms with E-state index in [4.69, 9.17) is 10.8 Å². The van der Waals surface area contributed by atoms with Gasteiger partial charge >= 0.3 is 0 Å². The van der Waals surface area contributed by atoms with Crippen molar-refractivity contribution in [2.24, 2.45) is 5.73 Å². The molecule has 0 saturated carbocycles. The van der Waals surface area contributed by atoms with E-state index in [0.29, 0.717) is 0 Å². The highest BCUT2D eigenvalue weighted by atomic mass is 19.1. The third-order valence-electron chi connectivity index (χ3n) is 2.42. The Labute approximate surface area is 93.1 Å². The summed E-state index contributed by atoms with van der Waals surface area (Å²) in [6, 6.07) is 4.31. The summed E-state index contributed by atoms with van der Waals surface area (Å²) in [4.78, 5) is 0. The first kappa shape index (κ1) is 13.1. The minimum absolute atomic E-state index is 0.0208. The molecule has 0 saturated heterocycles. The summed E-state index contributed by atoms with van der Waals surface area (Å²) in [7, 11) is 0. The van der Waals surface area contributed by atoms with E-state index in [9.17, 15) is 14.6 Å². The highest BCUT2D eigenvalue weighted by Crippen LogP contribution is 2.23. The molecule has 2 atom stereocenters. The minimum atomic E-state index is -1.32. The van der Waals surface area contributed by atoms with Gasteiger partial charge in [0.05, 0.1) is 12.7 Å². The van der Waals surface area contributed by atoms with Crippen LogP contribution in [0.5, 0.6) is 0 Å². The summed E-state index contributed by atoms with van der Waals surface area (Å²) in [6.45, 7) is -0.237. The molecule has 90 valence electrons. The van der Waals surface area contributed by atoms with Crippen LogP contribution in [0.2, 0.25) is 0 Å². The molecule has 0 spiro atoms. The maximum Gasteiger partial charge on any atom is 0.134 e. The lowest BCUT2D eigenvalue weighted by molar-refractivity contribution is 0.0128. The molecule has 16 heavy (non-hydrogen) atoms. The number of nitrogens with two attached hydrogens (primary N) is 1.